The highest BCUT2D eigenvalue weighted by Gasteiger charge is 2.25. The van der Waals surface area contributed by atoms with Crippen LogP contribution in [0.3, 0.4) is 0 Å². The second-order valence-electron chi connectivity index (χ2n) is 5.55. The molecule has 3 N–H and O–H groups in total. The summed E-state index contributed by atoms with van der Waals surface area (Å²) in [6.07, 6.45) is 3.87. The standard InChI is InChI=1S/C17H22N2/c18-11-14-7-4-10-17(14)19-12-15-8-3-6-13-5-1-2-9-16(13)15/h1-3,5-6,8-9,14,17,19H,4,7,10-12,18H2. The fourth-order valence-electron chi connectivity index (χ4n) is 3.28. The molecule has 0 heterocycles. The third-order valence-corrected chi connectivity index (χ3v) is 4.40. The van der Waals surface area contributed by atoms with Gasteiger partial charge in [0.15, 0.2) is 0 Å². The molecule has 0 bridgehead atoms. The number of fused-ring (bicyclic) bond motifs is 1. The first-order valence-corrected chi connectivity index (χ1v) is 7.28. The second kappa shape index (κ2) is 5.72. The lowest BCUT2D eigenvalue weighted by Crippen LogP contribution is -2.35. The van der Waals surface area contributed by atoms with Crippen LogP contribution in [0.2, 0.25) is 0 Å². The van der Waals surface area contributed by atoms with Crippen molar-refractivity contribution < 1.29 is 0 Å². The minimum Gasteiger partial charge on any atom is -0.330 e. The van der Waals surface area contributed by atoms with E-state index in [0.717, 1.165) is 13.1 Å². The Morgan fingerprint density at radius 2 is 1.89 bits per heavy atom. The van der Waals surface area contributed by atoms with E-state index in [-0.39, 0.29) is 0 Å². The summed E-state index contributed by atoms with van der Waals surface area (Å²) in [7, 11) is 0. The van der Waals surface area contributed by atoms with Crippen molar-refractivity contribution in [2.75, 3.05) is 6.54 Å². The van der Waals surface area contributed by atoms with Crippen LogP contribution in [0.15, 0.2) is 42.5 Å². The molecule has 100 valence electrons. The van der Waals surface area contributed by atoms with Gasteiger partial charge in [0.2, 0.25) is 0 Å². The van der Waals surface area contributed by atoms with Crippen molar-refractivity contribution in [3.05, 3.63) is 48.0 Å². The van der Waals surface area contributed by atoms with Crippen LogP contribution in [0.5, 0.6) is 0 Å². The van der Waals surface area contributed by atoms with Crippen molar-refractivity contribution in [2.45, 2.75) is 31.8 Å². The first-order chi connectivity index (χ1) is 9.38. The molecule has 1 aliphatic rings. The highest BCUT2D eigenvalue weighted by atomic mass is 14.9. The first kappa shape index (κ1) is 12.6. The van der Waals surface area contributed by atoms with E-state index in [0.29, 0.717) is 12.0 Å². The van der Waals surface area contributed by atoms with E-state index in [2.05, 4.69) is 47.8 Å². The molecule has 0 aromatic heterocycles. The number of hydrogen-bond donors (Lipinski definition) is 2. The predicted molar refractivity (Wildman–Crippen MR) is 81.0 cm³/mol. The van der Waals surface area contributed by atoms with Gasteiger partial charge in [0, 0.05) is 12.6 Å². The first-order valence-electron chi connectivity index (χ1n) is 7.28. The van der Waals surface area contributed by atoms with Gasteiger partial charge in [-0.1, -0.05) is 48.9 Å². The molecule has 2 aromatic rings. The van der Waals surface area contributed by atoms with Gasteiger partial charge in [0.25, 0.3) is 0 Å². The Kier molecular flexibility index (Phi) is 3.81. The zero-order valence-electron chi connectivity index (χ0n) is 11.3. The average Bonchev–Trinajstić information content (AvgIpc) is 2.92. The van der Waals surface area contributed by atoms with Gasteiger partial charge in [-0.3, -0.25) is 0 Å². The molecule has 2 unspecified atom stereocenters. The highest BCUT2D eigenvalue weighted by Crippen LogP contribution is 2.25. The molecule has 0 saturated heterocycles. The molecule has 0 aliphatic heterocycles. The Morgan fingerprint density at radius 1 is 1.05 bits per heavy atom. The van der Waals surface area contributed by atoms with Gasteiger partial charge in [-0.15, -0.1) is 0 Å². The van der Waals surface area contributed by atoms with Crippen molar-refractivity contribution in [3.63, 3.8) is 0 Å². The normalized spacial score (nSPS) is 23.0. The Bertz CT molecular complexity index is 544. The SMILES string of the molecule is NCC1CCCC1NCc1cccc2ccccc12. The monoisotopic (exact) mass is 254 g/mol. The van der Waals surface area contributed by atoms with Crippen LogP contribution in [0.4, 0.5) is 0 Å². The highest BCUT2D eigenvalue weighted by molar-refractivity contribution is 5.85. The maximum Gasteiger partial charge on any atom is 0.0214 e. The number of rotatable bonds is 4. The minimum atomic E-state index is 0.601. The molecule has 1 saturated carbocycles. The third-order valence-electron chi connectivity index (χ3n) is 4.40. The van der Waals surface area contributed by atoms with Gasteiger partial charge in [0.1, 0.15) is 0 Å². The molecule has 1 aliphatic carbocycles. The average molecular weight is 254 g/mol. The van der Waals surface area contributed by atoms with Crippen molar-refractivity contribution in [2.24, 2.45) is 11.7 Å². The maximum absolute atomic E-state index is 5.84. The second-order valence-corrected chi connectivity index (χ2v) is 5.55. The summed E-state index contributed by atoms with van der Waals surface area (Å²) in [6, 6.07) is 15.8. The Morgan fingerprint density at radius 3 is 2.79 bits per heavy atom. The zero-order valence-corrected chi connectivity index (χ0v) is 11.3. The topological polar surface area (TPSA) is 38.0 Å². The lowest BCUT2D eigenvalue weighted by atomic mass is 10.0. The van der Waals surface area contributed by atoms with E-state index in [9.17, 15) is 0 Å². The molecule has 2 aromatic carbocycles. The predicted octanol–water partition coefficient (Wildman–Crippen LogP) is 3.06. The van der Waals surface area contributed by atoms with Gasteiger partial charge in [0.05, 0.1) is 0 Å². The fourth-order valence-corrected chi connectivity index (χ4v) is 3.28. The fraction of sp³-hybridized carbons (Fsp3) is 0.412. The Hall–Kier alpha value is -1.38. The minimum absolute atomic E-state index is 0.601. The molecule has 0 radical (unpaired) electrons. The van der Waals surface area contributed by atoms with E-state index in [1.165, 1.54) is 35.6 Å². The number of nitrogens with two attached hydrogens (primary N) is 1. The number of nitrogens with one attached hydrogen (secondary N) is 1. The summed E-state index contributed by atoms with van der Waals surface area (Å²) >= 11 is 0. The maximum atomic E-state index is 5.84. The van der Waals surface area contributed by atoms with Gasteiger partial charge < -0.3 is 11.1 Å². The lowest BCUT2D eigenvalue weighted by Gasteiger charge is -2.20. The Labute approximate surface area is 115 Å². The molecule has 0 spiro atoms. The van der Waals surface area contributed by atoms with Crippen LogP contribution >= 0.6 is 0 Å². The summed E-state index contributed by atoms with van der Waals surface area (Å²) in [5.74, 6) is 0.662. The summed E-state index contributed by atoms with van der Waals surface area (Å²) in [6.45, 7) is 1.76. The zero-order chi connectivity index (χ0) is 13.1. The molecule has 19 heavy (non-hydrogen) atoms. The van der Waals surface area contributed by atoms with Crippen molar-refractivity contribution in [1.29, 1.82) is 0 Å². The molecule has 0 amide bonds. The van der Waals surface area contributed by atoms with E-state index in [4.69, 9.17) is 5.73 Å². The van der Waals surface area contributed by atoms with Crippen molar-refractivity contribution in [3.8, 4) is 0 Å². The van der Waals surface area contributed by atoms with Crippen LogP contribution in [0, 0.1) is 5.92 Å². The molecule has 2 heteroatoms. The van der Waals surface area contributed by atoms with Gasteiger partial charge in [-0.25, -0.2) is 0 Å². The molecule has 3 rings (SSSR count). The molecule has 2 nitrogen and oxygen atoms in total. The van der Waals surface area contributed by atoms with Crippen molar-refractivity contribution in [1.82, 2.24) is 5.32 Å². The lowest BCUT2D eigenvalue weighted by molar-refractivity contribution is 0.407. The number of benzene rings is 2. The molecule has 2 atom stereocenters. The van der Waals surface area contributed by atoms with Gasteiger partial charge in [-0.05, 0) is 41.6 Å². The van der Waals surface area contributed by atoms with Crippen LogP contribution in [-0.2, 0) is 6.54 Å². The van der Waals surface area contributed by atoms with E-state index >= 15 is 0 Å². The van der Waals surface area contributed by atoms with Crippen LogP contribution in [-0.4, -0.2) is 12.6 Å². The number of hydrogen-bond acceptors (Lipinski definition) is 2. The molecule has 1 fully saturated rings. The Balaban J connectivity index is 1.75. The summed E-state index contributed by atoms with van der Waals surface area (Å²) < 4.78 is 0. The van der Waals surface area contributed by atoms with Crippen LogP contribution in [0.25, 0.3) is 10.8 Å². The molecular weight excluding hydrogens is 232 g/mol. The van der Waals surface area contributed by atoms with E-state index < -0.39 is 0 Å². The van der Waals surface area contributed by atoms with Gasteiger partial charge >= 0.3 is 0 Å². The summed E-state index contributed by atoms with van der Waals surface area (Å²) in [5, 5.41) is 6.39. The third kappa shape index (κ3) is 2.65. The van der Waals surface area contributed by atoms with Crippen LogP contribution < -0.4 is 11.1 Å². The van der Waals surface area contributed by atoms with Gasteiger partial charge in [-0.2, -0.15) is 0 Å². The van der Waals surface area contributed by atoms with E-state index in [1.807, 2.05) is 0 Å². The van der Waals surface area contributed by atoms with E-state index in [1.54, 1.807) is 0 Å². The van der Waals surface area contributed by atoms with Crippen LogP contribution in [0.1, 0.15) is 24.8 Å². The van der Waals surface area contributed by atoms with Crippen molar-refractivity contribution >= 4 is 10.8 Å². The molecular formula is C17H22N2. The quantitative estimate of drug-likeness (QED) is 0.880. The largest absolute Gasteiger partial charge is 0.330 e. The summed E-state index contributed by atoms with van der Waals surface area (Å²) in [5.41, 5.74) is 7.23. The summed E-state index contributed by atoms with van der Waals surface area (Å²) in [4.78, 5) is 0. The smallest absolute Gasteiger partial charge is 0.0214 e.